The molecule has 1 aliphatic heterocycles. The second kappa shape index (κ2) is 7.92. The highest BCUT2D eigenvalue weighted by Gasteiger charge is 2.25. The van der Waals surface area contributed by atoms with Crippen LogP contribution in [0.4, 0.5) is 11.4 Å². The summed E-state index contributed by atoms with van der Waals surface area (Å²) in [5, 5.41) is 24.4. The molecule has 0 unspecified atom stereocenters. The molecule has 8 nitrogen and oxygen atoms in total. The van der Waals surface area contributed by atoms with Gasteiger partial charge in [-0.05, 0) is 36.9 Å². The van der Waals surface area contributed by atoms with E-state index < -0.39 is 10.8 Å². The fourth-order valence-electron chi connectivity index (χ4n) is 2.34. The van der Waals surface area contributed by atoms with Crippen molar-refractivity contribution in [1.82, 2.24) is 5.32 Å². The highest BCUT2D eigenvalue weighted by molar-refractivity contribution is 8.18. The van der Waals surface area contributed by atoms with Crippen molar-refractivity contribution in [2.75, 3.05) is 6.61 Å². The minimum atomic E-state index is -0.589. The molecular formula is C18H15N3O5S. The van der Waals surface area contributed by atoms with Crippen LogP contribution in [0.1, 0.15) is 12.5 Å². The summed E-state index contributed by atoms with van der Waals surface area (Å²) in [5.41, 5.74) is 0.550. The van der Waals surface area contributed by atoms with Crippen LogP contribution in [0.5, 0.6) is 11.5 Å². The van der Waals surface area contributed by atoms with E-state index in [1.807, 2.05) is 18.2 Å². The van der Waals surface area contributed by atoms with Crippen molar-refractivity contribution >= 4 is 40.3 Å². The standard InChI is InChI=1S/C18H15N3O5S/c1-2-26-14-10-13(21(24)25)8-11(16(14)22)9-15-17(23)20-18(27-15)19-12-6-4-3-5-7-12/h3-10,22H,2H2,1H3,(H,19,20,23). The summed E-state index contributed by atoms with van der Waals surface area (Å²) < 4.78 is 5.24. The Morgan fingerprint density at radius 1 is 1.33 bits per heavy atom. The van der Waals surface area contributed by atoms with Crippen LogP contribution in [-0.2, 0) is 4.79 Å². The number of nitrogens with zero attached hydrogens (tertiary/aromatic N) is 2. The molecule has 0 atom stereocenters. The molecule has 1 saturated heterocycles. The molecule has 0 spiro atoms. The summed E-state index contributed by atoms with van der Waals surface area (Å²) in [6, 6.07) is 11.4. The molecule has 1 fully saturated rings. The van der Waals surface area contributed by atoms with E-state index in [0.717, 1.165) is 17.8 Å². The highest BCUT2D eigenvalue weighted by atomic mass is 32.2. The van der Waals surface area contributed by atoms with Crippen molar-refractivity contribution in [3.8, 4) is 11.5 Å². The van der Waals surface area contributed by atoms with Gasteiger partial charge < -0.3 is 15.2 Å². The number of benzene rings is 2. The Hall–Kier alpha value is -3.33. The molecule has 9 heteroatoms. The first-order chi connectivity index (χ1) is 13.0. The van der Waals surface area contributed by atoms with Crippen molar-refractivity contribution in [2.45, 2.75) is 6.92 Å². The molecule has 0 aliphatic carbocycles. The van der Waals surface area contributed by atoms with Gasteiger partial charge in [-0.25, -0.2) is 4.99 Å². The van der Waals surface area contributed by atoms with Crippen LogP contribution >= 0.6 is 11.8 Å². The molecule has 27 heavy (non-hydrogen) atoms. The van der Waals surface area contributed by atoms with Crippen molar-refractivity contribution < 1.29 is 19.6 Å². The van der Waals surface area contributed by atoms with E-state index in [1.165, 1.54) is 12.1 Å². The third-order valence-corrected chi connectivity index (χ3v) is 4.43. The molecule has 1 heterocycles. The first-order valence-electron chi connectivity index (χ1n) is 7.96. The maximum atomic E-state index is 12.2. The van der Waals surface area contributed by atoms with Gasteiger partial charge in [0.1, 0.15) is 0 Å². The van der Waals surface area contributed by atoms with Crippen molar-refractivity contribution in [2.24, 2.45) is 4.99 Å². The van der Waals surface area contributed by atoms with E-state index in [4.69, 9.17) is 4.74 Å². The van der Waals surface area contributed by atoms with Crippen molar-refractivity contribution in [3.63, 3.8) is 0 Å². The number of aliphatic imine (C=N–C) groups is 1. The van der Waals surface area contributed by atoms with Crippen LogP contribution in [0, 0.1) is 10.1 Å². The lowest BCUT2D eigenvalue weighted by Gasteiger charge is -2.08. The molecule has 2 N–H and O–H groups in total. The van der Waals surface area contributed by atoms with Gasteiger partial charge in [-0.1, -0.05) is 18.2 Å². The average Bonchev–Trinajstić information content (AvgIpc) is 2.98. The zero-order chi connectivity index (χ0) is 19.4. The zero-order valence-electron chi connectivity index (χ0n) is 14.2. The molecular weight excluding hydrogens is 370 g/mol. The number of hydrogen-bond donors (Lipinski definition) is 2. The molecule has 1 aliphatic rings. The largest absolute Gasteiger partial charge is 0.504 e. The minimum absolute atomic E-state index is 0.0138. The normalized spacial score (nSPS) is 16.6. The van der Waals surface area contributed by atoms with Gasteiger partial charge in [0.25, 0.3) is 11.6 Å². The summed E-state index contributed by atoms with van der Waals surface area (Å²) in [6.07, 6.45) is 1.37. The number of rotatable bonds is 5. The Labute approximate surface area is 158 Å². The molecule has 1 amide bonds. The van der Waals surface area contributed by atoms with Crippen LogP contribution < -0.4 is 10.1 Å². The fraction of sp³-hybridized carbons (Fsp3) is 0.111. The van der Waals surface area contributed by atoms with E-state index in [2.05, 4.69) is 10.3 Å². The van der Waals surface area contributed by atoms with Gasteiger partial charge in [-0.3, -0.25) is 14.9 Å². The summed E-state index contributed by atoms with van der Waals surface area (Å²) in [6.45, 7) is 1.93. The summed E-state index contributed by atoms with van der Waals surface area (Å²) in [5.74, 6) is -0.685. The molecule has 0 aromatic heterocycles. The lowest BCUT2D eigenvalue weighted by Crippen LogP contribution is -2.19. The van der Waals surface area contributed by atoms with E-state index >= 15 is 0 Å². The van der Waals surface area contributed by atoms with Gasteiger partial charge in [-0.15, -0.1) is 0 Å². The van der Waals surface area contributed by atoms with Gasteiger partial charge in [0.05, 0.1) is 28.2 Å². The lowest BCUT2D eigenvalue weighted by molar-refractivity contribution is -0.385. The predicted octanol–water partition coefficient (Wildman–Crippen LogP) is 3.59. The molecule has 2 aromatic carbocycles. The van der Waals surface area contributed by atoms with E-state index in [9.17, 15) is 20.0 Å². The number of non-ortho nitro benzene ring substituents is 1. The summed E-state index contributed by atoms with van der Waals surface area (Å²) in [7, 11) is 0. The fourth-order valence-corrected chi connectivity index (χ4v) is 3.17. The Bertz CT molecular complexity index is 957. The van der Waals surface area contributed by atoms with Crippen LogP contribution in [0.25, 0.3) is 6.08 Å². The monoisotopic (exact) mass is 385 g/mol. The molecule has 2 aromatic rings. The first-order valence-corrected chi connectivity index (χ1v) is 8.78. The Kier molecular flexibility index (Phi) is 5.41. The number of amidine groups is 1. The number of phenolic OH excluding ortho intramolecular Hbond substituents is 1. The Morgan fingerprint density at radius 2 is 2.07 bits per heavy atom. The molecule has 0 bridgehead atoms. The van der Waals surface area contributed by atoms with Gasteiger partial charge >= 0.3 is 0 Å². The molecule has 0 saturated carbocycles. The zero-order valence-corrected chi connectivity index (χ0v) is 15.0. The summed E-state index contributed by atoms with van der Waals surface area (Å²) >= 11 is 1.08. The van der Waals surface area contributed by atoms with Crippen LogP contribution in [0.3, 0.4) is 0 Å². The number of nitro groups is 1. The number of thioether (sulfide) groups is 1. The SMILES string of the molecule is CCOc1cc([N+](=O)[O-])cc(C=C2SC(=Nc3ccccc3)NC2=O)c1O. The smallest absolute Gasteiger partial charge is 0.274 e. The maximum absolute atomic E-state index is 12.2. The number of nitro benzene ring substituents is 1. The van der Waals surface area contributed by atoms with E-state index in [-0.39, 0.29) is 34.3 Å². The number of para-hydroxylation sites is 1. The van der Waals surface area contributed by atoms with Gasteiger partial charge in [0.2, 0.25) is 0 Å². The number of hydrogen-bond acceptors (Lipinski definition) is 7. The molecule has 0 radical (unpaired) electrons. The van der Waals surface area contributed by atoms with Crippen LogP contribution in [0.2, 0.25) is 0 Å². The van der Waals surface area contributed by atoms with Gasteiger partial charge in [-0.2, -0.15) is 0 Å². The second-order valence-corrected chi connectivity index (χ2v) is 6.42. The number of amides is 1. The lowest BCUT2D eigenvalue weighted by atomic mass is 10.1. The quantitative estimate of drug-likeness (QED) is 0.462. The van der Waals surface area contributed by atoms with E-state index in [0.29, 0.717) is 10.9 Å². The topological polar surface area (TPSA) is 114 Å². The number of aromatic hydroxyl groups is 1. The van der Waals surface area contributed by atoms with Crippen molar-refractivity contribution in [3.05, 3.63) is 63.0 Å². The van der Waals surface area contributed by atoms with Crippen molar-refractivity contribution in [1.29, 1.82) is 0 Å². The summed E-state index contributed by atoms with van der Waals surface area (Å²) in [4.78, 5) is 27.3. The number of nitrogens with one attached hydrogen (secondary N) is 1. The minimum Gasteiger partial charge on any atom is -0.504 e. The van der Waals surface area contributed by atoms with Gasteiger partial charge in [0, 0.05) is 11.6 Å². The number of ether oxygens (including phenoxy) is 1. The highest BCUT2D eigenvalue weighted by Crippen LogP contribution is 2.38. The van der Waals surface area contributed by atoms with Crippen LogP contribution in [-0.4, -0.2) is 27.7 Å². The second-order valence-electron chi connectivity index (χ2n) is 5.39. The molecule has 138 valence electrons. The first kappa shape index (κ1) is 18.5. The number of carbonyl (C=O) groups excluding carboxylic acids is 1. The van der Waals surface area contributed by atoms with Crippen LogP contribution in [0.15, 0.2) is 52.4 Å². The maximum Gasteiger partial charge on any atom is 0.274 e. The van der Waals surface area contributed by atoms with E-state index in [1.54, 1.807) is 19.1 Å². The molecule has 3 rings (SSSR count). The third kappa shape index (κ3) is 4.26. The Morgan fingerprint density at radius 3 is 2.74 bits per heavy atom. The number of phenols is 1. The number of carbonyl (C=O) groups is 1. The average molecular weight is 385 g/mol. The van der Waals surface area contributed by atoms with Gasteiger partial charge in [0.15, 0.2) is 16.7 Å². The third-order valence-electron chi connectivity index (χ3n) is 3.52. The Balaban J connectivity index is 1.95. The predicted molar refractivity (Wildman–Crippen MR) is 103 cm³/mol.